The number of esters is 1. The maximum Gasteiger partial charge on any atom is 0.334 e. The zero-order chi connectivity index (χ0) is 11.1. The van der Waals surface area contributed by atoms with Crippen molar-refractivity contribution in [2.75, 3.05) is 26.4 Å². The molecule has 1 rings (SSSR count). The number of hydrogen-bond donors (Lipinski definition) is 1. The molecule has 0 aromatic rings. The van der Waals surface area contributed by atoms with E-state index < -0.39 is 0 Å². The van der Waals surface area contributed by atoms with E-state index in [-0.39, 0.29) is 5.97 Å². The summed E-state index contributed by atoms with van der Waals surface area (Å²) < 4.78 is 10.1. The van der Waals surface area contributed by atoms with Crippen LogP contribution in [0.15, 0.2) is 12.2 Å². The van der Waals surface area contributed by atoms with E-state index in [0.717, 1.165) is 26.1 Å². The summed E-state index contributed by atoms with van der Waals surface area (Å²) in [7, 11) is 0. The van der Waals surface area contributed by atoms with Gasteiger partial charge < -0.3 is 14.8 Å². The number of rotatable bonds is 5. The van der Waals surface area contributed by atoms with Crippen molar-refractivity contribution >= 4 is 5.97 Å². The number of nitrogens with one attached hydrogen (secondary N) is 1. The highest BCUT2D eigenvalue weighted by atomic mass is 16.5. The molecule has 1 aliphatic rings. The Hall–Kier alpha value is -0.870. The van der Waals surface area contributed by atoms with Gasteiger partial charge in [0.25, 0.3) is 0 Å². The van der Waals surface area contributed by atoms with Gasteiger partial charge in [0, 0.05) is 31.4 Å². The highest BCUT2D eigenvalue weighted by Crippen LogP contribution is 2.06. The van der Waals surface area contributed by atoms with Gasteiger partial charge in [-0.3, -0.25) is 0 Å². The normalized spacial score (nSPS) is 17.4. The first-order valence-corrected chi connectivity index (χ1v) is 5.40. The maximum absolute atomic E-state index is 11.2. The molecule has 0 aliphatic carbocycles. The van der Waals surface area contributed by atoms with E-state index in [2.05, 4.69) is 11.9 Å². The molecule has 0 saturated carbocycles. The van der Waals surface area contributed by atoms with Crippen LogP contribution in [-0.4, -0.2) is 38.4 Å². The summed E-state index contributed by atoms with van der Waals surface area (Å²) in [4.78, 5) is 11.2. The number of hydrogen-bond acceptors (Lipinski definition) is 4. The molecule has 1 heterocycles. The molecule has 0 aromatic carbocycles. The Bertz CT molecular complexity index is 222. The van der Waals surface area contributed by atoms with Gasteiger partial charge in [0.15, 0.2) is 0 Å². The largest absolute Gasteiger partial charge is 0.463 e. The van der Waals surface area contributed by atoms with Gasteiger partial charge in [-0.15, -0.1) is 0 Å². The average Bonchev–Trinajstić information content (AvgIpc) is 2.27. The minimum atomic E-state index is -0.308. The third-order valence-electron chi connectivity index (χ3n) is 2.39. The van der Waals surface area contributed by atoms with Crippen LogP contribution in [0.5, 0.6) is 0 Å². The molecular weight excluding hydrogens is 194 g/mol. The van der Waals surface area contributed by atoms with E-state index in [9.17, 15) is 4.79 Å². The van der Waals surface area contributed by atoms with Crippen LogP contribution in [0.1, 0.15) is 19.8 Å². The second-order valence-corrected chi connectivity index (χ2v) is 3.59. The molecule has 4 heteroatoms. The first-order chi connectivity index (χ1) is 7.24. The zero-order valence-corrected chi connectivity index (χ0v) is 9.25. The monoisotopic (exact) mass is 213 g/mol. The highest BCUT2D eigenvalue weighted by Gasteiger charge is 2.14. The summed E-state index contributed by atoms with van der Waals surface area (Å²) in [6, 6.07) is 0.435. The Labute approximate surface area is 90.6 Å². The molecule has 15 heavy (non-hydrogen) atoms. The standard InChI is InChI=1S/C11H19NO3/c1-3-15-11(13)9(2)8-12-10-4-6-14-7-5-10/h10,12H,2-8H2,1H3. The summed E-state index contributed by atoms with van der Waals surface area (Å²) in [6.45, 7) is 7.97. The molecule has 0 bridgehead atoms. The molecule has 1 aliphatic heterocycles. The van der Waals surface area contributed by atoms with Gasteiger partial charge >= 0.3 is 5.97 Å². The molecule has 0 spiro atoms. The Kier molecular flexibility index (Phi) is 5.36. The van der Waals surface area contributed by atoms with E-state index in [1.54, 1.807) is 6.92 Å². The molecule has 1 N–H and O–H groups in total. The maximum atomic E-state index is 11.2. The summed E-state index contributed by atoms with van der Waals surface area (Å²) in [5.41, 5.74) is 0.489. The predicted molar refractivity (Wildman–Crippen MR) is 57.6 cm³/mol. The van der Waals surface area contributed by atoms with Gasteiger partial charge in [0.2, 0.25) is 0 Å². The van der Waals surface area contributed by atoms with Crippen LogP contribution in [0.3, 0.4) is 0 Å². The SMILES string of the molecule is C=C(CNC1CCOCC1)C(=O)OCC. The molecule has 0 unspecified atom stereocenters. The lowest BCUT2D eigenvalue weighted by Gasteiger charge is -2.23. The average molecular weight is 213 g/mol. The van der Waals surface area contributed by atoms with E-state index in [1.807, 2.05) is 0 Å². The van der Waals surface area contributed by atoms with E-state index in [4.69, 9.17) is 9.47 Å². The summed E-state index contributed by atoms with van der Waals surface area (Å²) >= 11 is 0. The van der Waals surface area contributed by atoms with Crippen LogP contribution in [0.4, 0.5) is 0 Å². The van der Waals surface area contributed by atoms with Crippen LogP contribution in [-0.2, 0) is 14.3 Å². The topological polar surface area (TPSA) is 47.6 Å². The Morgan fingerprint density at radius 2 is 2.20 bits per heavy atom. The molecule has 1 fully saturated rings. The fourth-order valence-electron chi connectivity index (χ4n) is 1.47. The molecule has 0 atom stereocenters. The van der Waals surface area contributed by atoms with Gasteiger partial charge in [0.05, 0.1) is 6.61 Å². The number of carbonyl (C=O) groups excluding carboxylic acids is 1. The van der Waals surface area contributed by atoms with E-state index in [0.29, 0.717) is 24.8 Å². The lowest BCUT2D eigenvalue weighted by atomic mass is 10.1. The molecular formula is C11H19NO3. The molecule has 0 amide bonds. The Morgan fingerprint density at radius 1 is 1.53 bits per heavy atom. The van der Waals surface area contributed by atoms with Gasteiger partial charge in [0.1, 0.15) is 0 Å². The predicted octanol–water partition coefficient (Wildman–Crippen LogP) is 0.874. The molecule has 0 radical (unpaired) electrons. The van der Waals surface area contributed by atoms with Crippen LogP contribution >= 0.6 is 0 Å². The minimum Gasteiger partial charge on any atom is -0.463 e. The number of carbonyl (C=O) groups is 1. The first kappa shape index (κ1) is 12.2. The zero-order valence-electron chi connectivity index (χ0n) is 9.25. The van der Waals surface area contributed by atoms with Crippen molar-refractivity contribution in [3.63, 3.8) is 0 Å². The Balaban J connectivity index is 2.17. The quantitative estimate of drug-likeness (QED) is 0.544. The molecule has 0 aromatic heterocycles. The lowest BCUT2D eigenvalue weighted by Crippen LogP contribution is -2.36. The van der Waals surface area contributed by atoms with E-state index >= 15 is 0 Å². The van der Waals surface area contributed by atoms with Crippen molar-refractivity contribution in [2.45, 2.75) is 25.8 Å². The fourth-order valence-corrected chi connectivity index (χ4v) is 1.47. The lowest BCUT2D eigenvalue weighted by molar-refractivity contribution is -0.138. The smallest absolute Gasteiger partial charge is 0.334 e. The van der Waals surface area contributed by atoms with Gasteiger partial charge in [-0.05, 0) is 19.8 Å². The van der Waals surface area contributed by atoms with Crippen molar-refractivity contribution in [3.05, 3.63) is 12.2 Å². The van der Waals surface area contributed by atoms with E-state index in [1.165, 1.54) is 0 Å². The molecule has 4 nitrogen and oxygen atoms in total. The summed E-state index contributed by atoms with van der Waals surface area (Å²) in [6.07, 6.45) is 1.99. The van der Waals surface area contributed by atoms with Gasteiger partial charge in [-0.1, -0.05) is 6.58 Å². The van der Waals surface area contributed by atoms with Crippen LogP contribution in [0, 0.1) is 0 Å². The fraction of sp³-hybridized carbons (Fsp3) is 0.727. The van der Waals surface area contributed by atoms with Crippen LogP contribution < -0.4 is 5.32 Å². The number of ether oxygens (including phenoxy) is 2. The summed E-state index contributed by atoms with van der Waals surface area (Å²) in [5, 5.41) is 3.28. The van der Waals surface area contributed by atoms with Crippen molar-refractivity contribution in [3.8, 4) is 0 Å². The van der Waals surface area contributed by atoms with Crippen molar-refractivity contribution in [2.24, 2.45) is 0 Å². The highest BCUT2D eigenvalue weighted by molar-refractivity contribution is 5.88. The third kappa shape index (κ3) is 4.44. The van der Waals surface area contributed by atoms with Crippen molar-refractivity contribution in [1.29, 1.82) is 0 Å². The second kappa shape index (κ2) is 6.58. The first-order valence-electron chi connectivity index (χ1n) is 5.40. The van der Waals surface area contributed by atoms with Gasteiger partial charge in [-0.2, -0.15) is 0 Å². The van der Waals surface area contributed by atoms with Gasteiger partial charge in [-0.25, -0.2) is 4.79 Å². The van der Waals surface area contributed by atoms with Crippen molar-refractivity contribution < 1.29 is 14.3 Å². The van der Waals surface area contributed by atoms with Crippen LogP contribution in [0.2, 0.25) is 0 Å². The summed E-state index contributed by atoms with van der Waals surface area (Å²) in [5.74, 6) is -0.308. The molecule has 86 valence electrons. The van der Waals surface area contributed by atoms with Crippen LogP contribution in [0.25, 0.3) is 0 Å². The second-order valence-electron chi connectivity index (χ2n) is 3.59. The Morgan fingerprint density at radius 3 is 2.80 bits per heavy atom. The minimum absolute atomic E-state index is 0.308. The molecule has 1 saturated heterocycles. The van der Waals surface area contributed by atoms with Crippen molar-refractivity contribution in [1.82, 2.24) is 5.32 Å². The third-order valence-corrected chi connectivity index (χ3v) is 2.39.